The Kier molecular flexibility index (Phi) is 7.08. The molecule has 1 amide bonds. The summed E-state index contributed by atoms with van der Waals surface area (Å²) in [5, 5.41) is 9.95. The van der Waals surface area contributed by atoms with Crippen LogP contribution in [0, 0.1) is 0 Å². The summed E-state index contributed by atoms with van der Waals surface area (Å²) >= 11 is 0. The predicted molar refractivity (Wildman–Crippen MR) is 93.9 cm³/mol. The summed E-state index contributed by atoms with van der Waals surface area (Å²) in [4.78, 5) is 12.0. The summed E-state index contributed by atoms with van der Waals surface area (Å²) in [5.41, 5.74) is 0.706. The Morgan fingerprint density at radius 3 is 2.75 bits per heavy atom. The maximum absolute atomic E-state index is 12.0. The van der Waals surface area contributed by atoms with E-state index in [4.69, 9.17) is 9.26 Å². The lowest BCUT2D eigenvalue weighted by molar-refractivity contribution is 0.0987. The second-order valence-corrected chi connectivity index (χ2v) is 5.63. The first-order chi connectivity index (χ1) is 11.3. The van der Waals surface area contributed by atoms with E-state index < -0.39 is 0 Å². The van der Waals surface area contributed by atoms with Gasteiger partial charge in [-0.3, -0.25) is 4.79 Å². The molecule has 7 heteroatoms. The highest BCUT2D eigenvalue weighted by Crippen LogP contribution is 2.17. The van der Waals surface area contributed by atoms with Crippen molar-refractivity contribution in [3.63, 3.8) is 0 Å². The minimum absolute atomic E-state index is 0. The van der Waals surface area contributed by atoms with Gasteiger partial charge in [0.05, 0.1) is 6.07 Å². The SMILES string of the molecule is Cl.O=C(Nc1ccccc1)c1cc(OCCNC2CCCC2)no1. The Labute approximate surface area is 147 Å². The largest absolute Gasteiger partial charge is 0.474 e. The van der Waals surface area contributed by atoms with Crippen molar-refractivity contribution in [3.8, 4) is 5.88 Å². The van der Waals surface area contributed by atoms with Crippen LogP contribution in [0.15, 0.2) is 40.9 Å². The third kappa shape index (κ3) is 5.25. The van der Waals surface area contributed by atoms with Gasteiger partial charge in [-0.1, -0.05) is 31.0 Å². The number of para-hydroxylation sites is 1. The number of ether oxygens (including phenoxy) is 1. The highest BCUT2D eigenvalue weighted by molar-refractivity contribution is 6.02. The van der Waals surface area contributed by atoms with E-state index in [1.807, 2.05) is 18.2 Å². The van der Waals surface area contributed by atoms with E-state index in [1.54, 1.807) is 12.1 Å². The molecular formula is C17H22ClN3O3. The molecule has 1 aromatic carbocycles. The number of halogens is 1. The lowest BCUT2D eigenvalue weighted by Gasteiger charge is -2.10. The van der Waals surface area contributed by atoms with E-state index in [0.29, 0.717) is 24.2 Å². The number of benzene rings is 1. The number of carbonyl (C=O) groups excluding carboxylic acids is 1. The highest BCUT2D eigenvalue weighted by atomic mass is 35.5. The van der Waals surface area contributed by atoms with Crippen molar-refractivity contribution >= 4 is 24.0 Å². The summed E-state index contributed by atoms with van der Waals surface area (Å²) in [6, 6.07) is 11.3. The average Bonchev–Trinajstić information content (AvgIpc) is 3.24. The van der Waals surface area contributed by atoms with Gasteiger partial charge in [-0.15, -0.1) is 12.4 Å². The van der Waals surface area contributed by atoms with Gasteiger partial charge in [-0.2, -0.15) is 0 Å². The van der Waals surface area contributed by atoms with Gasteiger partial charge in [0.15, 0.2) is 0 Å². The van der Waals surface area contributed by atoms with Crippen molar-refractivity contribution in [3.05, 3.63) is 42.2 Å². The van der Waals surface area contributed by atoms with Crippen molar-refractivity contribution < 1.29 is 14.1 Å². The minimum atomic E-state index is -0.345. The van der Waals surface area contributed by atoms with Gasteiger partial charge in [-0.25, -0.2) is 0 Å². The summed E-state index contributed by atoms with van der Waals surface area (Å²) in [7, 11) is 0. The normalized spacial score (nSPS) is 14.2. The van der Waals surface area contributed by atoms with Crippen LogP contribution in [-0.2, 0) is 0 Å². The molecule has 24 heavy (non-hydrogen) atoms. The molecule has 1 heterocycles. The predicted octanol–water partition coefficient (Wildman–Crippen LogP) is 3.26. The molecule has 2 aromatic rings. The zero-order chi connectivity index (χ0) is 15.9. The summed E-state index contributed by atoms with van der Waals surface area (Å²) in [5.74, 6) is 0.117. The summed E-state index contributed by atoms with van der Waals surface area (Å²) in [6.45, 7) is 1.27. The number of hydrogen-bond acceptors (Lipinski definition) is 5. The van der Waals surface area contributed by atoms with Crippen LogP contribution in [0.1, 0.15) is 36.2 Å². The fourth-order valence-corrected chi connectivity index (χ4v) is 2.70. The molecule has 130 valence electrons. The zero-order valence-electron chi connectivity index (χ0n) is 13.4. The van der Waals surface area contributed by atoms with Crippen LogP contribution < -0.4 is 15.4 Å². The first kappa shape index (κ1) is 18.3. The monoisotopic (exact) mass is 351 g/mol. The van der Waals surface area contributed by atoms with Gasteiger partial charge in [0.25, 0.3) is 11.8 Å². The van der Waals surface area contributed by atoms with Crippen LogP contribution >= 0.6 is 12.4 Å². The van der Waals surface area contributed by atoms with E-state index in [0.717, 1.165) is 6.54 Å². The number of rotatable bonds is 7. The Balaban J connectivity index is 0.00000208. The number of carbonyl (C=O) groups is 1. The molecule has 1 aliphatic rings. The lowest BCUT2D eigenvalue weighted by Crippen LogP contribution is -2.30. The van der Waals surface area contributed by atoms with Gasteiger partial charge < -0.3 is 19.9 Å². The van der Waals surface area contributed by atoms with Crippen molar-refractivity contribution in [2.24, 2.45) is 0 Å². The third-order valence-electron chi connectivity index (χ3n) is 3.88. The second kappa shape index (κ2) is 9.30. The zero-order valence-corrected chi connectivity index (χ0v) is 14.2. The van der Waals surface area contributed by atoms with Gasteiger partial charge in [0, 0.05) is 18.3 Å². The Bertz CT molecular complexity index is 627. The molecule has 3 rings (SSSR count). The molecule has 1 saturated carbocycles. The number of nitrogens with one attached hydrogen (secondary N) is 2. The van der Waals surface area contributed by atoms with Gasteiger partial charge in [0.2, 0.25) is 5.76 Å². The van der Waals surface area contributed by atoms with E-state index in [-0.39, 0.29) is 24.1 Å². The molecule has 0 spiro atoms. The van der Waals surface area contributed by atoms with Gasteiger partial charge >= 0.3 is 0 Å². The molecular weight excluding hydrogens is 330 g/mol. The molecule has 0 atom stereocenters. The maximum atomic E-state index is 12.0. The number of hydrogen-bond donors (Lipinski definition) is 2. The molecule has 1 aliphatic carbocycles. The molecule has 1 aromatic heterocycles. The van der Waals surface area contributed by atoms with E-state index >= 15 is 0 Å². The van der Waals surface area contributed by atoms with Crippen LogP contribution in [0.2, 0.25) is 0 Å². The first-order valence-electron chi connectivity index (χ1n) is 8.00. The van der Waals surface area contributed by atoms with Crippen molar-refractivity contribution in [2.45, 2.75) is 31.7 Å². The summed E-state index contributed by atoms with van der Waals surface area (Å²) < 4.78 is 10.5. The number of amides is 1. The van der Waals surface area contributed by atoms with E-state index in [1.165, 1.54) is 31.7 Å². The van der Waals surface area contributed by atoms with Crippen LogP contribution in [0.3, 0.4) is 0 Å². The number of anilines is 1. The smallest absolute Gasteiger partial charge is 0.294 e. The van der Waals surface area contributed by atoms with Crippen LogP contribution in [0.25, 0.3) is 0 Å². The Morgan fingerprint density at radius 1 is 1.25 bits per heavy atom. The summed E-state index contributed by atoms with van der Waals surface area (Å²) in [6.07, 6.45) is 5.10. The Hall–Kier alpha value is -2.05. The molecule has 1 fully saturated rings. The molecule has 0 aliphatic heterocycles. The van der Waals surface area contributed by atoms with Crippen LogP contribution in [-0.4, -0.2) is 30.3 Å². The van der Waals surface area contributed by atoms with Crippen molar-refractivity contribution in [1.29, 1.82) is 0 Å². The van der Waals surface area contributed by atoms with E-state index in [9.17, 15) is 4.79 Å². The quantitative estimate of drug-likeness (QED) is 0.749. The fraction of sp³-hybridized carbons (Fsp3) is 0.412. The molecule has 0 bridgehead atoms. The first-order valence-corrected chi connectivity index (χ1v) is 8.00. The molecule has 0 saturated heterocycles. The minimum Gasteiger partial charge on any atom is -0.474 e. The molecule has 0 radical (unpaired) electrons. The van der Waals surface area contributed by atoms with Gasteiger partial charge in [0.1, 0.15) is 6.61 Å². The molecule has 2 N–H and O–H groups in total. The maximum Gasteiger partial charge on any atom is 0.294 e. The van der Waals surface area contributed by atoms with Crippen molar-refractivity contribution in [1.82, 2.24) is 10.5 Å². The van der Waals surface area contributed by atoms with Crippen LogP contribution in [0.4, 0.5) is 5.69 Å². The van der Waals surface area contributed by atoms with Gasteiger partial charge in [-0.05, 0) is 30.1 Å². The Morgan fingerprint density at radius 2 is 2.00 bits per heavy atom. The average molecular weight is 352 g/mol. The molecule has 0 unspecified atom stereocenters. The van der Waals surface area contributed by atoms with Crippen LogP contribution in [0.5, 0.6) is 5.88 Å². The lowest BCUT2D eigenvalue weighted by atomic mass is 10.2. The number of nitrogens with zero attached hydrogens (tertiary/aromatic N) is 1. The standard InChI is InChI=1S/C17H21N3O3.ClH/c21-17(19-14-8-2-1-3-9-14)15-12-16(20-23-15)22-11-10-18-13-6-4-5-7-13;/h1-3,8-9,12-13,18H,4-7,10-11H2,(H,19,21);1H. The number of aromatic nitrogens is 1. The fourth-order valence-electron chi connectivity index (χ4n) is 2.70. The van der Waals surface area contributed by atoms with Crippen molar-refractivity contribution in [2.75, 3.05) is 18.5 Å². The topological polar surface area (TPSA) is 76.4 Å². The highest BCUT2D eigenvalue weighted by Gasteiger charge is 2.15. The third-order valence-corrected chi connectivity index (χ3v) is 3.88. The second-order valence-electron chi connectivity index (χ2n) is 5.63. The molecule has 6 nitrogen and oxygen atoms in total. The van der Waals surface area contributed by atoms with E-state index in [2.05, 4.69) is 15.8 Å².